The number of amides is 1. The van der Waals surface area contributed by atoms with Crippen molar-refractivity contribution in [3.63, 3.8) is 0 Å². The van der Waals surface area contributed by atoms with Gasteiger partial charge in [0.1, 0.15) is 29.7 Å². The van der Waals surface area contributed by atoms with Crippen LogP contribution in [0, 0.1) is 0 Å². The molecule has 0 spiro atoms. The molecule has 1 aromatic heterocycles. The highest BCUT2D eigenvalue weighted by molar-refractivity contribution is 5.97. The quantitative estimate of drug-likeness (QED) is 0.385. The molecule has 0 saturated carbocycles. The first-order chi connectivity index (χ1) is 16.7. The van der Waals surface area contributed by atoms with Gasteiger partial charge in [-0.05, 0) is 48.5 Å². The first kappa shape index (κ1) is 21.8. The van der Waals surface area contributed by atoms with E-state index in [4.69, 9.17) is 19.2 Å². The predicted octanol–water partition coefficient (Wildman–Crippen LogP) is 4.65. The van der Waals surface area contributed by atoms with Gasteiger partial charge in [0.25, 0.3) is 0 Å². The fourth-order valence-corrected chi connectivity index (χ4v) is 4.53. The number of anilines is 1. The zero-order chi connectivity index (χ0) is 23.5. The molecule has 1 amide bonds. The summed E-state index contributed by atoms with van der Waals surface area (Å²) in [5.41, 5.74) is 2.76. The lowest BCUT2D eigenvalue weighted by atomic mass is 10.1. The zero-order valence-electron chi connectivity index (χ0n) is 19.3. The van der Waals surface area contributed by atoms with Gasteiger partial charge in [0, 0.05) is 18.9 Å². The van der Waals surface area contributed by atoms with Crippen molar-refractivity contribution in [3.05, 3.63) is 78.6 Å². The van der Waals surface area contributed by atoms with Crippen molar-refractivity contribution in [2.45, 2.75) is 18.9 Å². The van der Waals surface area contributed by atoms with E-state index in [2.05, 4.69) is 10.6 Å². The number of nitrogens with zero attached hydrogens (tertiary/aromatic N) is 3. The van der Waals surface area contributed by atoms with Gasteiger partial charge >= 0.3 is 0 Å². The Morgan fingerprint density at radius 1 is 0.912 bits per heavy atom. The molecule has 3 aromatic carbocycles. The third-order valence-electron chi connectivity index (χ3n) is 6.19. The van der Waals surface area contributed by atoms with Gasteiger partial charge in [-0.25, -0.2) is 4.98 Å². The van der Waals surface area contributed by atoms with Crippen molar-refractivity contribution < 1.29 is 19.0 Å². The Balaban J connectivity index is 1.39. The van der Waals surface area contributed by atoms with Crippen LogP contribution >= 0.6 is 0 Å². The maximum absolute atomic E-state index is 13.0. The fraction of sp³-hybridized carbons (Fsp3) is 0.259. The molecule has 1 atom stereocenters. The van der Waals surface area contributed by atoms with Crippen LogP contribution in [-0.2, 0) is 11.3 Å². The highest BCUT2D eigenvalue weighted by atomic mass is 16.5. The van der Waals surface area contributed by atoms with Crippen LogP contribution in [0.1, 0.15) is 18.2 Å². The minimum absolute atomic E-state index is 0.0224. The number of hydrogen-bond donors (Lipinski definition) is 0. The van der Waals surface area contributed by atoms with Gasteiger partial charge in [-0.15, -0.1) is 0 Å². The number of imidazole rings is 1. The molecule has 4 aromatic rings. The van der Waals surface area contributed by atoms with E-state index in [-0.39, 0.29) is 11.8 Å². The third kappa shape index (κ3) is 4.17. The summed E-state index contributed by atoms with van der Waals surface area (Å²) in [6, 6.07) is 23.2. The summed E-state index contributed by atoms with van der Waals surface area (Å²) >= 11 is 0. The molecule has 0 radical (unpaired) electrons. The number of ether oxygens (including phenoxy) is 3. The lowest BCUT2D eigenvalue weighted by molar-refractivity contribution is -0.117. The van der Waals surface area contributed by atoms with E-state index in [1.54, 1.807) is 19.1 Å². The Kier molecular flexibility index (Phi) is 6.08. The Morgan fingerprint density at radius 3 is 2.44 bits per heavy atom. The summed E-state index contributed by atoms with van der Waals surface area (Å²) in [7, 11) is 3.27. The SMILES string of the molecule is COc1ccc(OCCn2c(C3CC(=O)N(c4ccccc4OC)C3)nc3ccccc32)cc1. The van der Waals surface area contributed by atoms with Gasteiger partial charge in [0.2, 0.25) is 5.91 Å². The van der Waals surface area contributed by atoms with Crippen LogP contribution < -0.4 is 19.1 Å². The lowest BCUT2D eigenvalue weighted by Gasteiger charge is -2.20. The molecule has 0 bridgehead atoms. The van der Waals surface area contributed by atoms with Gasteiger partial charge in [-0.2, -0.15) is 0 Å². The normalized spacial score (nSPS) is 15.6. The monoisotopic (exact) mass is 457 g/mol. The third-order valence-corrected chi connectivity index (χ3v) is 6.19. The molecule has 0 N–H and O–H groups in total. The van der Waals surface area contributed by atoms with Crippen molar-refractivity contribution in [1.82, 2.24) is 9.55 Å². The molecule has 7 nitrogen and oxygen atoms in total. The summed E-state index contributed by atoms with van der Waals surface area (Å²) < 4.78 is 18.9. The van der Waals surface area contributed by atoms with Gasteiger partial charge in [0.15, 0.2) is 0 Å². The zero-order valence-corrected chi connectivity index (χ0v) is 19.3. The predicted molar refractivity (Wildman–Crippen MR) is 131 cm³/mol. The van der Waals surface area contributed by atoms with E-state index >= 15 is 0 Å². The van der Waals surface area contributed by atoms with Gasteiger partial charge in [0.05, 0.1) is 37.5 Å². The first-order valence-electron chi connectivity index (χ1n) is 11.3. The highest BCUT2D eigenvalue weighted by Crippen LogP contribution is 2.37. The number of hydrogen-bond acceptors (Lipinski definition) is 5. The van der Waals surface area contributed by atoms with Crippen molar-refractivity contribution in [2.75, 3.05) is 32.3 Å². The Bertz CT molecular complexity index is 1300. The van der Waals surface area contributed by atoms with Crippen LogP contribution in [0.4, 0.5) is 5.69 Å². The summed E-state index contributed by atoms with van der Waals surface area (Å²) in [6.07, 6.45) is 0.403. The van der Waals surface area contributed by atoms with Gasteiger partial charge in [-0.3, -0.25) is 4.79 Å². The molecule has 34 heavy (non-hydrogen) atoms. The average molecular weight is 458 g/mol. The maximum atomic E-state index is 13.0. The van der Waals surface area contributed by atoms with E-state index < -0.39 is 0 Å². The Labute approximate surface area is 198 Å². The number of carbonyl (C=O) groups excluding carboxylic acids is 1. The maximum Gasteiger partial charge on any atom is 0.227 e. The second-order valence-electron chi connectivity index (χ2n) is 8.21. The summed E-state index contributed by atoms with van der Waals surface area (Å²) in [4.78, 5) is 19.7. The fourth-order valence-electron chi connectivity index (χ4n) is 4.53. The number of aromatic nitrogens is 2. The molecule has 174 valence electrons. The second-order valence-corrected chi connectivity index (χ2v) is 8.21. The average Bonchev–Trinajstić information content (AvgIpc) is 3.45. The summed E-state index contributed by atoms with van der Waals surface area (Å²) in [5, 5.41) is 0. The van der Waals surface area contributed by atoms with Crippen LogP contribution in [0.2, 0.25) is 0 Å². The molecule has 2 heterocycles. The highest BCUT2D eigenvalue weighted by Gasteiger charge is 2.35. The van der Waals surface area contributed by atoms with Crippen molar-refractivity contribution in [2.24, 2.45) is 0 Å². The number of methoxy groups -OCH3 is 2. The van der Waals surface area contributed by atoms with Crippen LogP contribution in [0.3, 0.4) is 0 Å². The summed E-state index contributed by atoms with van der Waals surface area (Å²) in [6.45, 7) is 1.67. The number of rotatable bonds is 8. The molecule has 1 fully saturated rings. The minimum atomic E-state index is -0.0224. The van der Waals surface area contributed by atoms with Gasteiger partial charge in [-0.1, -0.05) is 24.3 Å². The van der Waals surface area contributed by atoms with Crippen molar-refractivity contribution >= 4 is 22.6 Å². The largest absolute Gasteiger partial charge is 0.497 e. The molecule has 7 heteroatoms. The standard InChI is InChI=1S/C27H27N3O4/c1-32-20-11-13-21(14-12-20)34-16-15-29-23-8-4-3-7-22(23)28-27(29)19-17-26(31)30(18-19)24-9-5-6-10-25(24)33-2/h3-14,19H,15-18H2,1-2H3. The van der Waals surface area contributed by atoms with E-state index in [1.807, 2.05) is 66.7 Å². The topological polar surface area (TPSA) is 65.8 Å². The molecular formula is C27H27N3O4. The van der Waals surface area contributed by atoms with E-state index in [0.29, 0.717) is 31.9 Å². The first-order valence-corrected chi connectivity index (χ1v) is 11.3. The molecular weight excluding hydrogens is 430 g/mol. The molecule has 5 rings (SSSR count). The number of fused-ring (bicyclic) bond motifs is 1. The van der Waals surface area contributed by atoms with E-state index in [1.165, 1.54) is 0 Å². The van der Waals surface area contributed by atoms with Crippen LogP contribution in [-0.4, -0.2) is 42.8 Å². The van der Waals surface area contributed by atoms with Crippen molar-refractivity contribution in [1.29, 1.82) is 0 Å². The van der Waals surface area contributed by atoms with Crippen LogP contribution in [0.15, 0.2) is 72.8 Å². The number of carbonyl (C=O) groups is 1. The molecule has 1 aliphatic heterocycles. The number of para-hydroxylation sites is 4. The second kappa shape index (κ2) is 9.47. The van der Waals surface area contributed by atoms with Gasteiger partial charge < -0.3 is 23.7 Å². The lowest BCUT2D eigenvalue weighted by Crippen LogP contribution is -2.25. The molecule has 1 unspecified atom stereocenters. The molecule has 0 aliphatic carbocycles. The Morgan fingerprint density at radius 2 is 1.65 bits per heavy atom. The minimum Gasteiger partial charge on any atom is -0.497 e. The smallest absolute Gasteiger partial charge is 0.227 e. The van der Waals surface area contributed by atoms with E-state index in [9.17, 15) is 4.79 Å². The molecule has 1 aliphatic rings. The van der Waals surface area contributed by atoms with Crippen LogP contribution in [0.25, 0.3) is 11.0 Å². The molecule has 1 saturated heterocycles. The van der Waals surface area contributed by atoms with E-state index in [0.717, 1.165) is 34.0 Å². The summed E-state index contributed by atoms with van der Waals surface area (Å²) in [5.74, 6) is 3.22. The van der Waals surface area contributed by atoms with Crippen LogP contribution in [0.5, 0.6) is 17.2 Å². The number of benzene rings is 3. The van der Waals surface area contributed by atoms with Crippen molar-refractivity contribution in [3.8, 4) is 17.2 Å². The Hall–Kier alpha value is -4.00.